The van der Waals surface area contributed by atoms with Gasteiger partial charge in [0, 0.05) is 17.1 Å². The molecule has 1 aliphatic carbocycles. The Labute approximate surface area is 134 Å². The quantitative estimate of drug-likeness (QED) is 0.741. The van der Waals surface area contributed by atoms with E-state index in [1.165, 1.54) is 6.42 Å². The predicted octanol–water partition coefficient (Wildman–Crippen LogP) is 4.83. The molecule has 0 atom stereocenters. The van der Waals surface area contributed by atoms with Gasteiger partial charge < -0.3 is 9.47 Å². The van der Waals surface area contributed by atoms with Crippen molar-refractivity contribution in [1.82, 2.24) is 4.98 Å². The zero-order chi connectivity index (χ0) is 15.0. The average molecular weight is 326 g/mol. The van der Waals surface area contributed by atoms with Gasteiger partial charge in [0.15, 0.2) is 0 Å². The number of aromatic nitrogens is 1. The number of rotatable bonds is 2. The SMILES string of the molecule is COc1cc(OC)c2nc3c(c(Cl)c2c1Cl)CCCCC3. The molecule has 0 spiro atoms. The van der Waals surface area contributed by atoms with Gasteiger partial charge in [0.2, 0.25) is 0 Å². The molecule has 1 aromatic carbocycles. The van der Waals surface area contributed by atoms with E-state index in [0.717, 1.165) is 42.3 Å². The van der Waals surface area contributed by atoms with Crippen molar-refractivity contribution in [3.05, 3.63) is 27.4 Å². The van der Waals surface area contributed by atoms with E-state index in [9.17, 15) is 0 Å². The van der Waals surface area contributed by atoms with E-state index in [-0.39, 0.29) is 0 Å². The summed E-state index contributed by atoms with van der Waals surface area (Å²) in [7, 11) is 3.20. The van der Waals surface area contributed by atoms with Gasteiger partial charge in [-0.25, -0.2) is 4.98 Å². The molecule has 0 saturated carbocycles. The second-order valence-electron chi connectivity index (χ2n) is 5.23. The molecule has 1 aromatic heterocycles. The minimum Gasteiger partial charge on any atom is -0.495 e. The molecule has 0 bridgehead atoms. The molecule has 0 amide bonds. The lowest BCUT2D eigenvalue weighted by Gasteiger charge is -2.16. The molecule has 5 heteroatoms. The first-order valence-electron chi connectivity index (χ1n) is 7.08. The fourth-order valence-corrected chi connectivity index (χ4v) is 3.68. The lowest BCUT2D eigenvalue weighted by atomic mass is 10.0. The number of fused-ring (bicyclic) bond motifs is 2. The van der Waals surface area contributed by atoms with Crippen LogP contribution in [0.1, 0.15) is 30.5 Å². The number of benzene rings is 1. The van der Waals surface area contributed by atoms with Crippen LogP contribution in [0.5, 0.6) is 11.5 Å². The summed E-state index contributed by atoms with van der Waals surface area (Å²) in [5.74, 6) is 1.19. The third-order valence-electron chi connectivity index (χ3n) is 4.03. The van der Waals surface area contributed by atoms with Crippen LogP contribution in [0.4, 0.5) is 0 Å². The first-order valence-corrected chi connectivity index (χ1v) is 7.84. The zero-order valence-electron chi connectivity index (χ0n) is 12.1. The Balaban J connectivity index is 2.38. The average Bonchev–Trinajstić information content (AvgIpc) is 2.73. The topological polar surface area (TPSA) is 31.4 Å². The Bertz CT molecular complexity index is 701. The number of pyridine rings is 1. The highest BCUT2D eigenvalue weighted by atomic mass is 35.5. The van der Waals surface area contributed by atoms with Crippen molar-refractivity contribution in [3.8, 4) is 11.5 Å². The minimum atomic E-state index is 0.498. The molecule has 1 aliphatic rings. The summed E-state index contributed by atoms with van der Waals surface area (Å²) in [5.41, 5.74) is 2.91. The van der Waals surface area contributed by atoms with Crippen LogP contribution < -0.4 is 9.47 Å². The minimum absolute atomic E-state index is 0.498. The second-order valence-corrected chi connectivity index (χ2v) is 5.99. The number of nitrogens with zero attached hydrogens (tertiary/aromatic N) is 1. The normalized spacial score (nSPS) is 14.7. The molecule has 0 N–H and O–H groups in total. The third kappa shape index (κ3) is 2.43. The van der Waals surface area contributed by atoms with Crippen molar-refractivity contribution in [2.45, 2.75) is 32.1 Å². The van der Waals surface area contributed by atoms with Gasteiger partial charge in [-0.2, -0.15) is 0 Å². The van der Waals surface area contributed by atoms with Crippen molar-refractivity contribution in [2.24, 2.45) is 0 Å². The lowest BCUT2D eigenvalue weighted by Crippen LogP contribution is -2.01. The summed E-state index contributed by atoms with van der Waals surface area (Å²) in [4.78, 5) is 4.79. The predicted molar refractivity (Wildman–Crippen MR) is 86.1 cm³/mol. The Morgan fingerprint density at radius 3 is 2.38 bits per heavy atom. The highest BCUT2D eigenvalue weighted by molar-refractivity contribution is 6.43. The summed E-state index contributed by atoms with van der Waals surface area (Å²) >= 11 is 13.1. The van der Waals surface area contributed by atoms with E-state index in [0.29, 0.717) is 27.1 Å². The van der Waals surface area contributed by atoms with E-state index in [1.54, 1.807) is 20.3 Å². The first-order chi connectivity index (χ1) is 10.2. The van der Waals surface area contributed by atoms with E-state index in [1.807, 2.05) is 0 Å². The molecule has 0 saturated heterocycles. The molecule has 0 radical (unpaired) electrons. The van der Waals surface area contributed by atoms with Gasteiger partial charge >= 0.3 is 0 Å². The summed E-state index contributed by atoms with van der Waals surface area (Å²) < 4.78 is 10.8. The van der Waals surface area contributed by atoms with Crippen molar-refractivity contribution < 1.29 is 9.47 Å². The molecule has 3 nitrogen and oxygen atoms in total. The number of halogens is 2. The van der Waals surface area contributed by atoms with Crippen molar-refractivity contribution in [2.75, 3.05) is 14.2 Å². The number of aryl methyl sites for hydroxylation is 1. The summed E-state index contributed by atoms with van der Waals surface area (Å²) in [5, 5.41) is 1.92. The number of hydrogen-bond acceptors (Lipinski definition) is 3. The summed E-state index contributed by atoms with van der Waals surface area (Å²) in [6, 6.07) is 1.76. The summed E-state index contributed by atoms with van der Waals surface area (Å²) in [6.45, 7) is 0. The number of methoxy groups -OCH3 is 2. The third-order valence-corrected chi connectivity index (χ3v) is 4.82. The van der Waals surface area contributed by atoms with Crippen LogP contribution in [-0.4, -0.2) is 19.2 Å². The van der Waals surface area contributed by atoms with Gasteiger partial charge in [-0.3, -0.25) is 0 Å². The maximum Gasteiger partial charge on any atom is 0.148 e. The molecule has 3 rings (SSSR count). The van der Waals surface area contributed by atoms with Crippen LogP contribution in [0.2, 0.25) is 10.0 Å². The fourth-order valence-electron chi connectivity index (χ4n) is 2.93. The van der Waals surface area contributed by atoms with Gasteiger partial charge in [0.25, 0.3) is 0 Å². The lowest BCUT2D eigenvalue weighted by molar-refractivity contribution is 0.397. The monoisotopic (exact) mass is 325 g/mol. The molecule has 112 valence electrons. The smallest absolute Gasteiger partial charge is 0.148 e. The molecular formula is C16H17Cl2NO2. The van der Waals surface area contributed by atoms with Gasteiger partial charge in [-0.1, -0.05) is 29.6 Å². The maximum absolute atomic E-state index is 6.66. The van der Waals surface area contributed by atoms with Crippen LogP contribution in [0, 0.1) is 0 Å². The number of ether oxygens (including phenoxy) is 2. The van der Waals surface area contributed by atoms with E-state index >= 15 is 0 Å². The Kier molecular flexibility index (Phi) is 4.14. The van der Waals surface area contributed by atoms with Gasteiger partial charge in [-0.05, 0) is 31.2 Å². The van der Waals surface area contributed by atoms with Crippen molar-refractivity contribution in [1.29, 1.82) is 0 Å². The Morgan fingerprint density at radius 1 is 0.952 bits per heavy atom. The van der Waals surface area contributed by atoms with Crippen molar-refractivity contribution >= 4 is 34.1 Å². The molecule has 1 heterocycles. The van der Waals surface area contributed by atoms with Gasteiger partial charge in [0.1, 0.15) is 17.0 Å². The fraction of sp³-hybridized carbons (Fsp3) is 0.438. The highest BCUT2D eigenvalue weighted by Gasteiger charge is 2.22. The van der Waals surface area contributed by atoms with Crippen LogP contribution in [-0.2, 0) is 12.8 Å². The van der Waals surface area contributed by atoms with Crippen LogP contribution >= 0.6 is 23.2 Å². The standard InChI is InChI=1S/C16H17Cl2NO2/c1-20-11-8-12(21-2)16-13(15(11)18)14(17)9-6-4-3-5-7-10(9)19-16/h8H,3-7H2,1-2H3. The second kappa shape index (κ2) is 5.90. The highest BCUT2D eigenvalue weighted by Crippen LogP contribution is 2.44. The molecule has 0 unspecified atom stereocenters. The molecule has 0 fully saturated rings. The van der Waals surface area contributed by atoms with E-state index in [4.69, 9.17) is 37.7 Å². The number of hydrogen-bond donors (Lipinski definition) is 0. The molecule has 2 aromatic rings. The molecule has 21 heavy (non-hydrogen) atoms. The summed E-state index contributed by atoms with van der Waals surface area (Å²) in [6.07, 6.45) is 5.40. The van der Waals surface area contributed by atoms with Gasteiger partial charge in [-0.15, -0.1) is 0 Å². The van der Waals surface area contributed by atoms with Gasteiger partial charge in [0.05, 0.1) is 24.3 Å². The van der Waals surface area contributed by atoms with Crippen LogP contribution in [0.3, 0.4) is 0 Å². The Hall–Kier alpha value is -1.19. The van der Waals surface area contributed by atoms with Crippen molar-refractivity contribution in [3.63, 3.8) is 0 Å². The van der Waals surface area contributed by atoms with Crippen LogP contribution in [0.15, 0.2) is 6.07 Å². The maximum atomic E-state index is 6.66. The molecule has 0 aliphatic heterocycles. The molecular weight excluding hydrogens is 309 g/mol. The van der Waals surface area contributed by atoms with E-state index in [2.05, 4.69) is 0 Å². The van der Waals surface area contributed by atoms with E-state index < -0.39 is 0 Å². The first kappa shape index (κ1) is 14.7. The Morgan fingerprint density at radius 2 is 1.67 bits per heavy atom. The van der Waals surface area contributed by atoms with Crippen LogP contribution in [0.25, 0.3) is 10.9 Å². The largest absolute Gasteiger partial charge is 0.495 e. The zero-order valence-corrected chi connectivity index (χ0v) is 13.6.